The van der Waals surface area contributed by atoms with E-state index in [4.69, 9.17) is 5.73 Å². The summed E-state index contributed by atoms with van der Waals surface area (Å²) in [6.07, 6.45) is 3.39. The number of nitrogens with two attached hydrogens (primary N) is 1. The van der Waals surface area contributed by atoms with Gasteiger partial charge in [-0.1, -0.05) is 23.1 Å². The van der Waals surface area contributed by atoms with E-state index in [0.29, 0.717) is 45.7 Å². The number of Topliss-reactive ketones (excluding diaryl/α,β-unsaturated/α-hetero) is 1. The molecule has 3 aromatic rings. The van der Waals surface area contributed by atoms with Gasteiger partial charge in [-0.2, -0.15) is 5.26 Å². The molecule has 2 aliphatic rings. The van der Waals surface area contributed by atoms with Crippen LogP contribution < -0.4 is 16.0 Å². The van der Waals surface area contributed by atoms with E-state index in [1.807, 2.05) is 18.4 Å². The molecule has 188 valence electrons. The number of carbonyl (C=O) groups excluding carboxylic acids is 2. The quantitative estimate of drug-likeness (QED) is 0.363. The third kappa shape index (κ3) is 5.06. The van der Waals surface area contributed by atoms with E-state index in [9.17, 15) is 14.9 Å². The van der Waals surface area contributed by atoms with Crippen molar-refractivity contribution in [2.75, 3.05) is 16.0 Å². The van der Waals surface area contributed by atoms with Crippen molar-refractivity contribution in [3.8, 4) is 6.07 Å². The maximum absolute atomic E-state index is 13.2. The topological polar surface area (TPSA) is 138 Å². The largest absolute Gasteiger partial charge is 0.384 e. The Morgan fingerprint density at radius 3 is 2.89 bits per heavy atom. The molecule has 3 aromatic heterocycles. The highest BCUT2D eigenvalue weighted by Crippen LogP contribution is 2.48. The van der Waals surface area contributed by atoms with Crippen LogP contribution in [-0.4, -0.2) is 32.6 Å². The highest BCUT2D eigenvalue weighted by molar-refractivity contribution is 9.10. The number of halogens is 1. The number of hydrogen-bond donors (Lipinski definition) is 2. The molecule has 1 aliphatic heterocycles. The Balaban J connectivity index is 1.41. The molecule has 13 heteroatoms. The van der Waals surface area contributed by atoms with Gasteiger partial charge in [-0.15, -0.1) is 21.5 Å². The van der Waals surface area contributed by atoms with Gasteiger partial charge in [0.2, 0.25) is 11.0 Å². The first kappa shape index (κ1) is 25.6. The summed E-state index contributed by atoms with van der Waals surface area (Å²) in [5.74, 6) is 0.174. The Morgan fingerprint density at radius 2 is 2.19 bits per heavy atom. The summed E-state index contributed by atoms with van der Waals surface area (Å²) in [7, 11) is 0. The second-order valence-electron chi connectivity index (χ2n) is 8.33. The fourth-order valence-corrected chi connectivity index (χ4v) is 7.31. The molecule has 5 rings (SSSR count). The molecule has 3 N–H and O–H groups in total. The van der Waals surface area contributed by atoms with E-state index < -0.39 is 5.92 Å². The number of carbonyl (C=O) groups is 2. The zero-order chi connectivity index (χ0) is 26.1. The van der Waals surface area contributed by atoms with E-state index in [-0.39, 0.29) is 23.3 Å². The van der Waals surface area contributed by atoms with Crippen LogP contribution in [0.2, 0.25) is 0 Å². The Kier molecular flexibility index (Phi) is 7.43. The Labute approximate surface area is 233 Å². The van der Waals surface area contributed by atoms with Crippen LogP contribution in [0.5, 0.6) is 0 Å². The predicted molar refractivity (Wildman–Crippen MR) is 148 cm³/mol. The molecule has 1 aliphatic carbocycles. The van der Waals surface area contributed by atoms with Crippen LogP contribution in [0.3, 0.4) is 0 Å². The summed E-state index contributed by atoms with van der Waals surface area (Å²) < 4.78 is 1.39. The number of nitrogens with zero attached hydrogens (tertiary/aromatic N) is 5. The van der Waals surface area contributed by atoms with Gasteiger partial charge in [0.1, 0.15) is 11.6 Å². The number of nitrogens with one attached hydrogen (secondary N) is 1. The summed E-state index contributed by atoms with van der Waals surface area (Å²) in [5, 5.41) is 23.8. The van der Waals surface area contributed by atoms with E-state index in [1.165, 1.54) is 34.4 Å². The fraction of sp³-hybridized carbons (Fsp3) is 0.250. The summed E-state index contributed by atoms with van der Waals surface area (Å²) in [5.41, 5.74) is 9.35. The zero-order valence-electron chi connectivity index (χ0n) is 19.5. The van der Waals surface area contributed by atoms with Crippen LogP contribution in [-0.2, 0) is 9.59 Å². The summed E-state index contributed by atoms with van der Waals surface area (Å²) >= 11 is 7.34. The van der Waals surface area contributed by atoms with Crippen molar-refractivity contribution in [1.29, 1.82) is 5.26 Å². The second kappa shape index (κ2) is 10.7. The number of ketones is 1. The van der Waals surface area contributed by atoms with Crippen LogP contribution in [0.15, 0.2) is 61.3 Å². The van der Waals surface area contributed by atoms with Crippen LogP contribution in [0, 0.1) is 18.3 Å². The summed E-state index contributed by atoms with van der Waals surface area (Å²) in [4.78, 5) is 32.4. The monoisotopic (exact) mass is 613 g/mol. The third-order valence-corrected chi connectivity index (χ3v) is 9.58. The molecule has 37 heavy (non-hydrogen) atoms. The minimum absolute atomic E-state index is 0.0293. The number of hydrogen-bond acceptors (Lipinski definition) is 11. The van der Waals surface area contributed by atoms with Crippen molar-refractivity contribution in [3.05, 3.63) is 67.4 Å². The first-order valence-electron chi connectivity index (χ1n) is 11.2. The normalized spacial score (nSPS) is 17.6. The van der Waals surface area contributed by atoms with Gasteiger partial charge in [-0.3, -0.25) is 14.5 Å². The average molecular weight is 615 g/mol. The molecular weight excluding hydrogens is 594 g/mol. The number of rotatable bonds is 6. The number of allylic oxidation sites excluding steroid dienone is 3. The van der Waals surface area contributed by atoms with E-state index in [1.54, 1.807) is 23.2 Å². The molecule has 1 unspecified atom stereocenters. The molecule has 0 bridgehead atoms. The average Bonchev–Trinajstić information content (AvgIpc) is 3.52. The van der Waals surface area contributed by atoms with Crippen LogP contribution in [0.4, 0.5) is 10.9 Å². The molecular formula is C24H20BrN7O2S3. The maximum Gasteiger partial charge on any atom is 0.235 e. The van der Waals surface area contributed by atoms with Crippen LogP contribution in [0.25, 0.3) is 0 Å². The van der Waals surface area contributed by atoms with Gasteiger partial charge < -0.3 is 11.1 Å². The van der Waals surface area contributed by atoms with Gasteiger partial charge >= 0.3 is 0 Å². The van der Waals surface area contributed by atoms with Crippen LogP contribution >= 0.6 is 50.4 Å². The number of anilines is 2. The lowest BCUT2D eigenvalue weighted by Crippen LogP contribution is -2.38. The van der Waals surface area contributed by atoms with E-state index >= 15 is 0 Å². The Bertz CT molecular complexity index is 1490. The van der Waals surface area contributed by atoms with Gasteiger partial charge in [-0.25, -0.2) is 4.98 Å². The van der Waals surface area contributed by atoms with Crippen molar-refractivity contribution in [2.24, 2.45) is 5.73 Å². The van der Waals surface area contributed by atoms with Crippen LogP contribution in [0.1, 0.15) is 35.6 Å². The van der Waals surface area contributed by atoms with E-state index in [0.717, 1.165) is 20.6 Å². The Hall–Kier alpha value is -3.05. The summed E-state index contributed by atoms with van der Waals surface area (Å²) in [6.45, 7) is 1.98. The number of pyridine rings is 1. The molecule has 0 fully saturated rings. The predicted octanol–water partition coefficient (Wildman–Crippen LogP) is 5.10. The SMILES string of the molecule is Cc1ccsc1C1C(C#N)=C(N)N(c2nnc(SCC(=O)Nc3ccc(Br)cn3)s2)C2=C1C(=O)CCC2. The van der Waals surface area contributed by atoms with Gasteiger partial charge in [0, 0.05) is 33.2 Å². The van der Waals surface area contributed by atoms with Gasteiger partial charge in [0.15, 0.2) is 10.1 Å². The molecule has 0 saturated carbocycles. The van der Waals surface area contributed by atoms with Crippen molar-refractivity contribution >= 4 is 73.0 Å². The van der Waals surface area contributed by atoms with Crippen molar-refractivity contribution in [1.82, 2.24) is 15.2 Å². The molecule has 9 nitrogen and oxygen atoms in total. The molecule has 0 saturated heterocycles. The van der Waals surface area contributed by atoms with Crippen molar-refractivity contribution in [3.63, 3.8) is 0 Å². The molecule has 0 aromatic carbocycles. The molecule has 4 heterocycles. The molecule has 1 atom stereocenters. The van der Waals surface area contributed by atoms with Crippen molar-refractivity contribution in [2.45, 2.75) is 36.4 Å². The number of aromatic nitrogens is 3. The number of amides is 1. The molecule has 1 amide bonds. The standard InChI is InChI=1S/C24H20BrN7O2S3/c1-12-7-8-35-21(12)19-14(9-26)22(27)32(15-3-2-4-16(33)20(15)19)23-30-31-24(37-23)36-11-18(34)29-17-6-5-13(25)10-28-17/h5-8,10,19H,2-4,11,27H2,1H3,(H,28,29,34). The Morgan fingerprint density at radius 1 is 1.35 bits per heavy atom. The van der Waals surface area contributed by atoms with Gasteiger partial charge in [-0.05, 0) is 64.8 Å². The lowest BCUT2D eigenvalue weighted by Gasteiger charge is -2.37. The lowest BCUT2D eigenvalue weighted by molar-refractivity contribution is -0.116. The number of thiophene rings is 1. The highest BCUT2D eigenvalue weighted by Gasteiger charge is 2.42. The first-order valence-corrected chi connectivity index (χ1v) is 14.7. The fourth-order valence-electron chi connectivity index (χ4n) is 4.35. The number of thioether (sulfide) groups is 1. The minimum atomic E-state index is -0.471. The van der Waals surface area contributed by atoms with Gasteiger partial charge in [0.05, 0.1) is 23.3 Å². The minimum Gasteiger partial charge on any atom is -0.384 e. The highest BCUT2D eigenvalue weighted by atomic mass is 79.9. The number of aryl methyl sites for hydroxylation is 1. The molecule has 0 radical (unpaired) electrons. The maximum atomic E-state index is 13.2. The lowest BCUT2D eigenvalue weighted by atomic mass is 9.78. The second-order valence-corrected chi connectivity index (χ2v) is 12.4. The first-order chi connectivity index (χ1) is 17.9. The number of nitriles is 1. The van der Waals surface area contributed by atoms with E-state index in [2.05, 4.69) is 42.5 Å². The summed E-state index contributed by atoms with van der Waals surface area (Å²) in [6, 6.07) is 7.75. The molecule has 0 spiro atoms. The van der Waals surface area contributed by atoms with Crippen molar-refractivity contribution < 1.29 is 9.59 Å². The van der Waals surface area contributed by atoms with Gasteiger partial charge in [0.25, 0.3) is 0 Å². The third-order valence-electron chi connectivity index (χ3n) is 5.99. The smallest absolute Gasteiger partial charge is 0.235 e. The zero-order valence-corrected chi connectivity index (χ0v) is 23.6.